The fraction of sp³-hybridized carbons (Fsp3) is 0.235. The number of nitrogens with zero attached hydrogens (tertiary/aromatic N) is 3. The first-order valence-electron chi connectivity index (χ1n) is 7.33. The van der Waals surface area contributed by atoms with Crippen LogP contribution in [0.1, 0.15) is 0 Å². The van der Waals surface area contributed by atoms with E-state index in [-0.39, 0.29) is 11.1 Å². The molecule has 0 bridgehead atoms. The number of hydrogen-bond donors (Lipinski definition) is 0. The van der Waals surface area contributed by atoms with Gasteiger partial charge in [-0.25, -0.2) is 14.4 Å². The predicted molar refractivity (Wildman–Crippen MR) is 87.6 cm³/mol. The third-order valence-corrected chi connectivity index (χ3v) is 3.65. The lowest BCUT2D eigenvalue weighted by Crippen LogP contribution is -2.23. The Morgan fingerprint density at radius 3 is 2.79 bits per heavy atom. The summed E-state index contributed by atoms with van der Waals surface area (Å²) in [5.74, 6) is -0.0505. The molecule has 0 aliphatic heterocycles. The van der Waals surface area contributed by atoms with Gasteiger partial charge in [0.15, 0.2) is 5.52 Å². The van der Waals surface area contributed by atoms with Crippen molar-refractivity contribution in [3.63, 3.8) is 0 Å². The molecule has 0 N–H and O–H groups in total. The van der Waals surface area contributed by atoms with Crippen LogP contribution in [-0.4, -0.2) is 35.4 Å². The topological polar surface area (TPSA) is 66.2 Å². The third kappa shape index (κ3) is 2.98. The second-order valence-corrected chi connectivity index (χ2v) is 5.14. The van der Waals surface area contributed by atoms with Crippen molar-refractivity contribution in [3.05, 3.63) is 52.8 Å². The Balaban J connectivity index is 2.14. The highest BCUT2D eigenvalue weighted by atomic mass is 19.1. The lowest BCUT2D eigenvalue weighted by molar-refractivity contribution is 0.186. The summed E-state index contributed by atoms with van der Waals surface area (Å²) in [5, 5.41) is 0. The van der Waals surface area contributed by atoms with Crippen LogP contribution in [0.2, 0.25) is 0 Å². The van der Waals surface area contributed by atoms with Crippen LogP contribution in [0, 0.1) is 5.82 Å². The number of aromatic nitrogens is 3. The lowest BCUT2D eigenvalue weighted by Gasteiger charge is -2.09. The average molecular weight is 329 g/mol. The van der Waals surface area contributed by atoms with E-state index in [1.54, 1.807) is 25.3 Å². The summed E-state index contributed by atoms with van der Waals surface area (Å²) < 4.78 is 25.0. The molecular weight excluding hydrogens is 313 g/mol. The molecular formula is C17H16FN3O3. The molecule has 3 rings (SSSR count). The molecule has 6 nitrogen and oxygen atoms in total. The van der Waals surface area contributed by atoms with E-state index in [9.17, 15) is 9.18 Å². The molecule has 3 aromatic rings. The second kappa shape index (κ2) is 6.76. The molecule has 0 spiro atoms. The highest BCUT2D eigenvalue weighted by Gasteiger charge is 2.12. The molecule has 0 unspecified atom stereocenters. The van der Waals surface area contributed by atoms with Crippen LogP contribution in [0.5, 0.6) is 5.75 Å². The Bertz CT molecular complexity index is 940. The number of fused-ring (bicyclic) bond motifs is 1. The minimum atomic E-state index is -0.403. The number of hydrogen-bond acceptors (Lipinski definition) is 5. The first kappa shape index (κ1) is 16.1. The van der Waals surface area contributed by atoms with Crippen LogP contribution >= 0.6 is 0 Å². The lowest BCUT2D eigenvalue weighted by atomic mass is 10.1. The van der Waals surface area contributed by atoms with Gasteiger partial charge in [0.1, 0.15) is 11.6 Å². The van der Waals surface area contributed by atoms with Gasteiger partial charge in [0.05, 0.1) is 37.8 Å². The van der Waals surface area contributed by atoms with Gasteiger partial charge in [-0.1, -0.05) is 0 Å². The van der Waals surface area contributed by atoms with Crippen molar-refractivity contribution in [2.45, 2.75) is 6.54 Å². The number of rotatable bonds is 5. The Morgan fingerprint density at radius 2 is 2.04 bits per heavy atom. The van der Waals surface area contributed by atoms with E-state index < -0.39 is 5.82 Å². The fourth-order valence-corrected chi connectivity index (χ4v) is 2.41. The molecule has 0 aliphatic carbocycles. The van der Waals surface area contributed by atoms with Gasteiger partial charge >= 0.3 is 0 Å². The Morgan fingerprint density at radius 1 is 1.21 bits per heavy atom. The molecule has 0 fully saturated rings. The molecule has 0 saturated carbocycles. The summed E-state index contributed by atoms with van der Waals surface area (Å²) in [6.45, 7) is 0.794. The molecule has 2 heterocycles. The van der Waals surface area contributed by atoms with Gasteiger partial charge in [-0.15, -0.1) is 0 Å². The maximum absolute atomic E-state index is 13.4. The molecule has 24 heavy (non-hydrogen) atoms. The predicted octanol–water partition coefficient (Wildman–Crippen LogP) is 2.25. The summed E-state index contributed by atoms with van der Waals surface area (Å²) in [6.07, 6.45) is 1.48. The number of methoxy groups -OCH3 is 2. The second-order valence-electron chi connectivity index (χ2n) is 5.14. The van der Waals surface area contributed by atoms with Gasteiger partial charge in [0, 0.05) is 18.7 Å². The first-order valence-corrected chi connectivity index (χ1v) is 7.33. The highest BCUT2D eigenvalue weighted by molar-refractivity contribution is 5.78. The van der Waals surface area contributed by atoms with E-state index in [1.165, 1.54) is 30.1 Å². The number of ether oxygens (including phenoxy) is 2. The quantitative estimate of drug-likeness (QED) is 0.718. The monoisotopic (exact) mass is 329 g/mol. The van der Waals surface area contributed by atoms with E-state index in [0.29, 0.717) is 35.7 Å². The van der Waals surface area contributed by atoms with Crippen LogP contribution in [0.4, 0.5) is 4.39 Å². The summed E-state index contributed by atoms with van der Waals surface area (Å²) in [7, 11) is 3.02. The van der Waals surface area contributed by atoms with Crippen molar-refractivity contribution < 1.29 is 13.9 Å². The van der Waals surface area contributed by atoms with Crippen LogP contribution < -0.4 is 10.3 Å². The minimum absolute atomic E-state index is 0.248. The van der Waals surface area contributed by atoms with Crippen LogP contribution in [-0.2, 0) is 11.3 Å². The van der Waals surface area contributed by atoms with Gasteiger partial charge in [0.25, 0.3) is 5.56 Å². The van der Waals surface area contributed by atoms with Crippen LogP contribution in [0.25, 0.3) is 22.3 Å². The fourth-order valence-electron chi connectivity index (χ4n) is 2.41. The normalized spacial score (nSPS) is 11.0. The van der Waals surface area contributed by atoms with Crippen molar-refractivity contribution in [3.8, 4) is 17.0 Å². The smallest absolute Gasteiger partial charge is 0.279 e. The number of benzene rings is 1. The largest absolute Gasteiger partial charge is 0.496 e. The summed E-state index contributed by atoms with van der Waals surface area (Å²) in [4.78, 5) is 21.2. The van der Waals surface area contributed by atoms with Crippen LogP contribution in [0.3, 0.4) is 0 Å². The molecule has 124 valence electrons. The van der Waals surface area contributed by atoms with E-state index in [4.69, 9.17) is 9.47 Å². The van der Waals surface area contributed by atoms with Crippen LogP contribution in [0.15, 0.2) is 41.5 Å². The summed E-state index contributed by atoms with van der Waals surface area (Å²) in [6, 6.07) is 7.61. The standard InChI is InChI=1S/C17H16FN3O3/c1-23-8-7-21-10-19-14-6-5-13(20-16(14)17(21)22)12-4-3-11(18)9-15(12)24-2/h3-6,9-10H,7-8H2,1-2H3. The average Bonchev–Trinajstić information content (AvgIpc) is 2.61. The minimum Gasteiger partial charge on any atom is -0.496 e. The SMILES string of the molecule is COCCn1cnc2ccc(-c3ccc(F)cc3OC)nc2c1=O. The van der Waals surface area contributed by atoms with Crippen molar-refractivity contribution in [1.82, 2.24) is 14.5 Å². The zero-order valence-corrected chi connectivity index (χ0v) is 13.3. The van der Waals surface area contributed by atoms with Crippen molar-refractivity contribution >= 4 is 11.0 Å². The Kier molecular flexibility index (Phi) is 4.52. The molecule has 0 radical (unpaired) electrons. The van der Waals surface area contributed by atoms with Gasteiger partial charge in [-0.05, 0) is 24.3 Å². The van der Waals surface area contributed by atoms with Crippen molar-refractivity contribution in [2.75, 3.05) is 20.8 Å². The zero-order valence-electron chi connectivity index (χ0n) is 13.3. The van der Waals surface area contributed by atoms with Crippen molar-refractivity contribution in [1.29, 1.82) is 0 Å². The van der Waals surface area contributed by atoms with Gasteiger partial charge < -0.3 is 9.47 Å². The molecule has 7 heteroatoms. The molecule has 0 aliphatic rings. The molecule has 0 atom stereocenters. The molecule has 0 amide bonds. The van der Waals surface area contributed by atoms with Gasteiger partial charge in [-0.3, -0.25) is 9.36 Å². The van der Waals surface area contributed by atoms with E-state index in [1.807, 2.05) is 0 Å². The molecule has 0 saturated heterocycles. The highest BCUT2D eigenvalue weighted by Crippen LogP contribution is 2.29. The number of halogens is 1. The molecule has 1 aromatic carbocycles. The summed E-state index contributed by atoms with van der Waals surface area (Å²) in [5.41, 5.74) is 1.62. The molecule has 2 aromatic heterocycles. The Hall–Kier alpha value is -2.80. The van der Waals surface area contributed by atoms with Crippen molar-refractivity contribution in [2.24, 2.45) is 0 Å². The maximum atomic E-state index is 13.4. The van der Waals surface area contributed by atoms with E-state index in [0.717, 1.165) is 0 Å². The van der Waals surface area contributed by atoms with E-state index >= 15 is 0 Å². The van der Waals surface area contributed by atoms with Gasteiger partial charge in [-0.2, -0.15) is 0 Å². The third-order valence-electron chi connectivity index (χ3n) is 3.65. The first-order chi connectivity index (χ1) is 11.6. The Labute approximate surface area is 137 Å². The number of pyridine rings is 1. The summed E-state index contributed by atoms with van der Waals surface area (Å²) >= 11 is 0. The maximum Gasteiger partial charge on any atom is 0.279 e. The van der Waals surface area contributed by atoms with E-state index in [2.05, 4.69) is 9.97 Å². The van der Waals surface area contributed by atoms with Gasteiger partial charge in [0.2, 0.25) is 0 Å². The zero-order chi connectivity index (χ0) is 17.1.